The molecule has 0 amide bonds. The standard InChI is InChI=1S/C15H13I2NO3/c1-2-21-15(20)9-3-5-11(6-4-9)18-13-8-10(16)7-12(17)14(13)19/h3-8,18-19H,2H2,1H3. The molecule has 0 radical (unpaired) electrons. The Kier molecular flexibility index (Phi) is 5.68. The summed E-state index contributed by atoms with van der Waals surface area (Å²) in [5.41, 5.74) is 1.93. The summed E-state index contributed by atoms with van der Waals surface area (Å²) >= 11 is 4.28. The predicted octanol–water partition coefficient (Wildman–Crippen LogP) is 4.52. The highest BCUT2D eigenvalue weighted by Gasteiger charge is 2.09. The van der Waals surface area contributed by atoms with Gasteiger partial charge in [0.15, 0.2) is 5.75 Å². The van der Waals surface area contributed by atoms with Gasteiger partial charge >= 0.3 is 5.97 Å². The third kappa shape index (κ3) is 4.22. The molecule has 0 heterocycles. The van der Waals surface area contributed by atoms with Gasteiger partial charge in [-0.05, 0) is 88.5 Å². The second-order valence-corrected chi connectivity index (χ2v) is 6.61. The summed E-state index contributed by atoms with van der Waals surface area (Å²) in [6.45, 7) is 2.13. The van der Waals surface area contributed by atoms with Crippen molar-refractivity contribution in [3.63, 3.8) is 0 Å². The Hall–Kier alpha value is -1.03. The first-order valence-corrected chi connectivity index (χ1v) is 8.39. The van der Waals surface area contributed by atoms with Gasteiger partial charge < -0.3 is 15.2 Å². The molecule has 2 rings (SSSR count). The Balaban J connectivity index is 2.19. The number of rotatable bonds is 4. The fraction of sp³-hybridized carbons (Fsp3) is 0.133. The van der Waals surface area contributed by atoms with Crippen LogP contribution < -0.4 is 5.32 Å². The first-order chi connectivity index (χ1) is 10.0. The minimum absolute atomic E-state index is 0.213. The Labute approximate surface area is 150 Å². The average molecular weight is 509 g/mol. The van der Waals surface area contributed by atoms with E-state index in [2.05, 4.69) is 50.5 Å². The molecule has 2 aromatic rings. The van der Waals surface area contributed by atoms with E-state index < -0.39 is 0 Å². The molecular weight excluding hydrogens is 496 g/mol. The maximum absolute atomic E-state index is 11.6. The first-order valence-electron chi connectivity index (χ1n) is 6.23. The van der Waals surface area contributed by atoms with Gasteiger partial charge in [0, 0.05) is 9.26 Å². The molecule has 0 saturated heterocycles. The molecule has 0 aromatic heterocycles. The van der Waals surface area contributed by atoms with E-state index in [9.17, 15) is 9.90 Å². The van der Waals surface area contributed by atoms with Gasteiger partial charge in [-0.3, -0.25) is 0 Å². The van der Waals surface area contributed by atoms with Crippen molar-refractivity contribution < 1.29 is 14.6 Å². The van der Waals surface area contributed by atoms with E-state index >= 15 is 0 Å². The Morgan fingerprint density at radius 1 is 1.24 bits per heavy atom. The molecule has 0 spiro atoms. The number of esters is 1. The van der Waals surface area contributed by atoms with Gasteiger partial charge in [0.05, 0.1) is 21.4 Å². The number of halogens is 2. The minimum Gasteiger partial charge on any atom is -0.505 e. The lowest BCUT2D eigenvalue weighted by molar-refractivity contribution is 0.0526. The summed E-state index contributed by atoms with van der Waals surface area (Å²) in [6.07, 6.45) is 0. The Bertz CT molecular complexity index is 657. The van der Waals surface area contributed by atoms with Crippen LogP contribution in [0.3, 0.4) is 0 Å². The van der Waals surface area contributed by atoms with Gasteiger partial charge in [-0.2, -0.15) is 0 Å². The quantitative estimate of drug-likeness (QED) is 0.362. The van der Waals surface area contributed by atoms with Crippen LogP contribution in [0.25, 0.3) is 0 Å². The van der Waals surface area contributed by atoms with Crippen molar-refractivity contribution in [1.29, 1.82) is 0 Å². The zero-order valence-electron chi connectivity index (χ0n) is 11.2. The van der Waals surface area contributed by atoms with Gasteiger partial charge in [0.1, 0.15) is 0 Å². The fourth-order valence-corrected chi connectivity index (χ4v) is 3.57. The lowest BCUT2D eigenvalue weighted by Crippen LogP contribution is -2.04. The van der Waals surface area contributed by atoms with Crippen molar-refractivity contribution in [1.82, 2.24) is 0 Å². The second-order valence-electron chi connectivity index (χ2n) is 4.21. The number of hydrogen-bond donors (Lipinski definition) is 2. The third-order valence-corrected chi connectivity index (χ3v) is 4.15. The molecular formula is C15H13I2NO3. The van der Waals surface area contributed by atoms with Gasteiger partial charge in [0.25, 0.3) is 0 Å². The van der Waals surface area contributed by atoms with Crippen LogP contribution in [0, 0.1) is 7.14 Å². The van der Waals surface area contributed by atoms with E-state index in [1.165, 1.54) is 0 Å². The molecule has 4 nitrogen and oxygen atoms in total. The molecule has 2 aromatic carbocycles. The summed E-state index contributed by atoms with van der Waals surface area (Å²) in [6, 6.07) is 10.7. The van der Waals surface area contributed by atoms with Crippen LogP contribution in [0.1, 0.15) is 17.3 Å². The molecule has 0 aliphatic heterocycles. The zero-order chi connectivity index (χ0) is 15.4. The van der Waals surface area contributed by atoms with E-state index in [0.717, 1.165) is 12.8 Å². The Morgan fingerprint density at radius 3 is 2.52 bits per heavy atom. The normalized spacial score (nSPS) is 10.2. The van der Waals surface area contributed by atoms with Crippen LogP contribution in [0.4, 0.5) is 11.4 Å². The number of phenols is 1. The van der Waals surface area contributed by atoms with E-state index in [0.29, 0.717) is 17.9 Å². The number of phenolic OH excluding ortho intramolecular Hbond substituents is 1. The molecule has 0 unspecified atom stereocenters. The highest BCUT2D eigenvalue weighted by atomic mass is 127. The van der Waals surface area contributed by atoms with Crippen LogP contribution in [0.5, 0.6) is 5.75 Å². The maximum Gasteiger partial charge on any atom is 0.338 e. The number of carbonyl (C=O) groups is 1. The van der Waals surface area contributed by atoms with Crippen LogP contribution >= 0.6 is 45.2 Å². The van der Waals surface area contributed by atoms with Crippen LogP contribution in [0.2, 0.25) is 0 Å². The summed E-state index contributed by atoms with van der Waals surface area (Å²) in [5.74, 6) is -0.124. The minimum atomic E-state index is -0.337. The van der Waals surface area contributed by atoms with Crippen LogP contribution in [-0.4, -0.2) is 17.7 Å². The lowest BCUT2D eigenvalue weighted by Gasteiger charge is -2.11. The molecule has 21 heavy (non-hydrogen) atoms. The zero-order valence-corrected chi connectivity index (χ0v) is 15.5. The molecule has 0 aliphatic rings. The second kappa shape index (κ2) is 7.30. The van der Waals surface area contributed by atoms with Crippen molar-refractivity contribution in [2.75, 3.05) is 11.9 Å². The number of carbonyl (C=O) groups excluding carboxylic acids is 1. The molecule has 0 bridgehead atoms. The third-order valence-electron chi connectivity index (χ3n) is 2.70. The number of aromatic hydroxyl groups is 1. The highest BCUT2D eigenvalue weighted by Crippen LogP contribution is 2.33. The van der Waals surface area contributed by atoms with Crippen molar-refractivity contribution in [3.8, 4) is 5.75 Å². The van der Waals surface area contributed by atoms with Crippen molar-refractivity contribution in [3.05, 3.63) is 49.1 Å². The van der Waals surface area contributed by atoms with Crippen LogP contribution in [0.15, 0.2) is 36.4 Å². The van der Waals surface area contributed by atoms with Gasteiger partial charge in [0.2, 0.25) is 0 Å². The summed E-state index contributed by atoms with van der Waals surface area (Å²) < 4.78 is 6.75. The van der Waals surface area contributed by atoms with Gasteiger partial charge in [-0.25, -0.2) is 4.79 Å². The van der Waals surface area contributed by atoms with E-state index in [1.807, 2.05) is 12.1 Å². The van der Waals surface area contributed by atoms with Gasteiger partial charge in [-0.15, -0.1) is 0 Å². The lowest BCUT2D eigenvalue weighted by atomic mass is 10.2. The molecule has 2 N–H and O–H groups in total. The number of benzene rings is 2. The van der Waals surface area contributed by atoms with Crippen molar-refractivity contribution >= 4 is 62.5 Å². The Morgan fingerprint density at radius 2 is 1.90 bits per heavy atom. The molecule has 6 heteroatoms. The van der Waals surface area contributed by atoms with E-state index in [-0.39, 0.29) is 11.7 Å². The number of anilines is 2. The molecule has 0 aliphatic carbocycles. The topological polar surface area (TPSA) is 58.6 Å². The number of hydrogen-bond acceptors (Lipinski definition) is 4. The van der Waals surface area contributed by atoms with Crippen LogP contribution in [-0.2, 0) is 4.74 Å². The predicted molar refractivity (Wildman–Crippen MR) is 99.2 cm³/mol. The number of nitrogens with one attached hydrogen (secondary N) is 1. The fourth-order valence-electron chi connectivity index (χ4n) is 1.72. The molecule has 0 atom stereocenters. The first kappa shape index (κ1) is 16.3. The largest absolute Gasteiger partial charge is 0.505 e. The molecule has 110 valence electrons. The highest BCUT2D eigenvalue weighted by molar-refractivity contribution is 14.1. The van der Waals surface area contributed by atoms with E-state index in [1.54, 1.807) is 31.2 Å². The number of ether oxygens (including phenoxy) is 1. The molecule has 0 saturated carbocycles. The summed E-state index contributed by atoms with van der Waals surface area (Å²) in [4.78, 5) is 11.6. The maximum atomic E-state index is 11.6. The van der Waals surface area contributed by atoms with Crippen molar-refractivity contribution in [2.24, 2.45) is 0 Å². The van der Waals surface area contributed by atoms with Crippen molar-refractivity contribution in [2.45, 2.75) is 6.92 Å². The average Bonchev–Trinajstić information content (AvgIpc) is 2.45. The summed E-state index contributed by atoms with van der Waals surface area (Å²) in [7, 11) is 0. The smallest absolute Gasteiger partial charge is 0.338 e. The molecule has 0 fully saturated rings. The summed E-state index contributed by atoms with van der Waals surface area (Å²) in [5, 5.41) is 13.2. The monoisotopic (exact) mass is 509 g/mol. The SMILES string of the molecule is CCOC(=O)c1ccc(Nc2cc(I)cc(I)c2O)cc1. The van der Waals surface area contributed by atoms with E-state index in [4.69, 9.17) is 4.74 Å². The van der Waals surface area contributed by atoms with Gasteiger partial charge in [-0.1, -0.05) is 0 Å².